The monoisotopic (exact) mass is 1060 g/mol. The van der Waals surface area contributed by atoms with Gasteiger partial charge in [0.05, 0.1) is 35.1 Å². The van der Waals surface area contributed by atoms with Crippen molar-refractivity contribution in [3.05, 3.63) is 133 Å². The molecule has 0 spiro atoms. The molecule has 7 aromatic carbocycles. The van der Waals surface area contributed by atoms with Crippen LogP contribution in [0.5, 0.6) is 0 Å². The summed E-state index contributed by atoms with van der Waals surface area (Å²) >= 11 is 11.0. The van der Waals surface area contributed by atoms with Gasteiger partial charge >= 0.3 is 6.98 Å². The number of hydrogen-bond donors (Lipinski definition) is 1. The maximum Gasteiger partial charge on any atom is 0.421 e. The molecule has 360 valence electrons. The number of hydrogen-bond acceptors (Lipinski definition) is 4. The molecule has 76 heavy (non-hydrogen) atoms. The van der Waals surface area contributed by atoms with Crippen LogP contribution in [0.25, 0.3) is 0 Å². The van der Waals surface area contributed by atoms with Crippen LogP contribution in [0.15, 0.2) is 89.4 Å². The summed E-state index contributed by atoms with van der Waals surface area (Å²) in [5, 5.41) is 4.59. The molecule has 0 bridgehead atoms. The molecule has 1 N–H and O–H groups in total. The summed E-state index contributed by atoms with van der Waals surface area (Å²) in [5.74, 6) is 0. The molecule has 0 aromatic heterocycles. The molecule has 1 aliphatic rings. The Labute approximate surface area is 481 Å². The van der Waals surface area contributed by atoms with E-state index in [0.717, 1.165) is 76.8 Å². The smallest absolute Gasteiger partial charge is 0.361 e. The third-order valence-corrected chi connectivity index (χ3v) is 15.8. The predicted octanol–water partition coefficient (Wildman–Crippen LogP) is 6.47. The molecule has 4 nitrogen and oxygen atoms in total. The molecule has 0 saturated carbocycles. The Hall–Kier alpha value is -4.78. The number of fused-ring (bicyclic) bond motifs is 1. The summed E-state index contributed by atoms with van der Waals surface area (Å²) in [7, 11) is 65.7. The molecule has 0 unspecified atom stereocenters. The average molecular weight is 1060 g/mol. The largest absolute Gasteiger partial charge is 0.421 e. The highest BCUT2D eigenvalue weighted by molar-refractivity contribution is 9.10. The lowest BCUT2D eigenvalue weighted by Gasteiger charge is -2.37. The Bertz CT molecular complexity index is 3360. The first-order valence-electron chi connectivity index (χ1n) is 25.3. The van der Waals surface area contributed by atoms with Gasteiger partial charge in [0, 0.05) is 33.5 Å². The van der Waals surface area contributed by atoms with Crippen LogP contribution in [0, 0.1) is 27.7 Å². The van der Waals surface area contributed by atoms with Gasteiger partial charge in [-0.15, -0.1) is 27.3 Å². The van der Waals surface area contributed by atoms with Crippen molar-refractivity contribution in [2.45, 2.75) is 113 Å². The summed E-state index contributed by atoms with van der Waals surface area (Å²) in [6.45, 7) is 28.9. The van der Waals surface area contributed by atoms with E-state index in [9.17, 15) is 0 Å². The quantitative estimate of drug-likeness (QED) is 0.176. The van der Waals surface area contributed by atoms with Crippen LogP contribution in [0.1, 0.15) is 101 Å². The van der Waals surface area contributed by atoms with Crippen molar-refractivity contribution in [3.63, 3.8) is 0 Å². The summed E-state index contributed by atoms with van der Waals surface area (Å²) in [6, 6.07) is 29.6. The van der Waals surface area contributed by atoms with Crippen molar-refractivity contribution < 1.29 is 0 Å². The van der Waals surface area contributed by atoms with E-state index in [2.05, 4.69) is 182 Å². The second kappa shape index (κ2) is 21.8. The topological polar surface area (TPSA) is 21.8 Å². The minimum Gasteiger partial charge on any atom is -0.361 e. The predicted molar refractivity (Wildman–Crippen MR) is 348 cm³/mol. The zero-order chi connectivity index (χ0) is 56.6. The molecule has 0 aliphatic carbocycles. The van der Waals surface area contributed by atoms with Crippen molar-refractivity contribution in [3.8, 4) is 0 Å². The van der Waals surface area contributed by atoms with E-state index in [1.165, 1.54) is 12.4 Å². The number of nitrogens with one attached hydrogen (secondary N) is 1. The van der Waals surface area contributed by atoms with Crippen LogP contribution in [-0.4, -0.2) is 85.4 Å². The van der Waals surface area contributed by atoms with E-state index in [1.54, 1.807) is 6.07 Å². The average Bonchev–Trinajstić information content (AvgIpc) is 3.67. The molecule has 7 aromatic rings. The first-order chi connectivity index (χ1) is 35.3. The van der Waals surface area contributed by atoms with Gasteiger partial charge in [-0.2, -0.15) is 0 Å². The summed E-state index contributed by atoms with van der Waals surface area (Å²) in [5.41, 5.74) is 16.0. The molecule has 0 amide bonds. The number of nitrogens with zero attached hydrogens (tertiary/aromatic N) is 3. The van der Waals surface area contributed by atoms with Gasteiger partial charge in [-0.3, -0.25) is 0 Å². The third kappa shape index (κ3) is 10.9. The van der Waals surface area contributed by atoms with E-state index in [1.807, 2.05) is 30.8 Å². The Morgan fingerprint density at radius 3 is 1.54 bits per heavy atom. The van der Waals surface area contributed by atoms with Gasteiger partial charge in [0.1, 0.15) is 70.6 Å². The second-order valence-corrected chi connectivity index (χ2v) is 24.2. The fourth-order valence-electron chi connectivity index (χ4n) is 10.1. The molecule has 0 fully saturated rings. The van der Waals surface area contributed by atoms with E-state index < -0.39 is 6.98 Å². The van der Waals surface area contributed by atoms with E-state index >= 15 is 0 Å². The molecule has 0 atom stereocenters. The molecule has 20 radical (unpaired) electrons. The van der Waals surface area contributed by atoms with Crippen LogP contribution >= 0.6 is 27.5 Å². The van der Waals surface area contributed by atoms with Crippen molar-refractivity contribution in [2.75, 3.05) is 19.8 Å². The van der Waals surface area contributed by atoms with Crippen molar-refractivity contribution in [1.29, 1.82) is 0 Å². The van der Waals surface area contributed by atoms with Crippen LogP contribution in [0.3, 0.4) is 0 Å². The summed E-state index contributed by atoms with van der Waals surface area (Å²) in [4.78, 5) is 6.42. The van der Waals surface area contributed by atoms with Gasteiger partial charge in [0.25, 0.3) is 0 Å². The maximum atomic E-state index is 7.09. The molecule has 1 aliphatic heterocycles. The first-order valence-corrected chi connectivity index (χ1v) is 26.4. The second-order valence-electron chi connectivity index (χ2n) is 23.0. The Morgan fingerprint density at radius 2 is 1.00 bits per heavy atom. The lowest BCUT2D eigenvalue weighted by Crippen LogP contribution is -2.62. The Balaban J connectivity index is 0.00000415. The molecule has 8 rings (SSSR count). The fourth-order valence-corrected chi connectivity index (χ4v) is 10.7. The van der Waals surface area contributed by atoms with Gasteiger partial charge in [0.15, 0.2) is 0 Å². The molecular formula is C59H57B11BrClN4. The zero-order valence-electron chi connectivity index (χ0n) is 46.5. The number of rotatable bonds is 8. The van der Waals surface area contributed by atoms with Crippen LogP contribution in [-0.2, 0) is 16.2 Å². The molecule has 0 saturated heterocycles. The SMILES string of the molecule is [B]C.[B]c1cc([B])c(N2B(c3c(C)cc(C(C)(C)C)cc3C)N(c3c([B])c([B])c([B])c([B])c3[B])c3ccc(Nc4cc(C(C)(C)C)cc(N(c5cccc(C(C)(C)C)c5)c5cc(C)c(Cl)c(C)c5)c4Br)cc32)c([B])c1[B]. The Kier molecular flexibility index (Phi) is 16.9. The summed E-state index contributed by atoms with van der Waals surface area (Å²) in [6.07, 6.45) is 0. The standard InChI is InChI=1S/C58H54B10BrClN4.CH3B/c1-28-19-33(57(8,9)10)20-29(2)51(28)68-73(55-49(66)46(63)45(62)47(64)50(55)67)41-18-17-35(26-42(41)74(68)54-39(60)27-38(59)44(61)48(54)65)71-40-24-34(58(11,12)13)25-43(52(40)69)72(37-21-30(3)53(70)31(4)22-37)36-16-14-15-32(23-36)56(5,6)7;1-2/h14-27,71H,1-13H3;1H3. The highest BCUT2D eigenvalue weighted by Gasteiger charge is 2.47. The van der Waals surface area contributed by atoms with Gasteiger partial charge < -0.3 is 19.8 Å². The van der Waals surface area contributed by atoms with E-state index in [0.29, 0.717) is 28.2 Å². The van der Waals surface area contributed by atoms with Gasteiger partial charge in [-0.25, -0.2) is 0 Å². The highest BCUT2D eigenvalue weighted by Crippen LogP contribution is 2.50. The number of benzene rings is 7. The van der Waals surface area contributed by atoms with Crippen molar-refractivity contribution in [2.24, 2.45) is 0 Å². The minimum atomic E-state index is -0.750. The van der Waals surface area contributed by atoms with Gasteiger partial charge in [0.2, 0.25) is 0 Å². The van der Waals surface area contributed by atoms with Gasteiger partial charge in [-0.1, -0.05) is 144 Å². The summed E-state index contributed by atoms with van der Waals surface area (Å²) < 4.78 is 0.826. The van der Waals surface area contributed by atoms with Crippen molar-refractivity contribution >= 4 is 219 Å². The molecule has 1 heterocycles. The number of aryl methyl sites for hydroxylation is 4. The van der Waals surface area contributed by atoms with Crippen LogP contribution in [0.2, 0.25) is 11.8 Å². The number of anilines is 9. The first kappa shape index (κ1) is 58.9. The minimum absolute atomic E-state index is 0.0991. The zero-order valence-corrected chi connectivity index (χ0v) is 48.9. The maximum absolute atomic E-state index is 7.09. The van der Waals surface area contributed by atoms with Crippen LogP contribution < -0.4 is 74.5 Å². The van der Waals surface area contributed by atoms with Crippen LogP contribution in [0.4, 0.5) is 51.2 Å². The lowest BCUT2D eigenvalue weighted by atomic mass is 9.56. The normalized spacial score (nSPS) is 12.7. The lowest BCUT2D eigenvalue weighted by molar-refractivity contribution is 0.589. The highest BCUT2D eigenvalue weighted by atomic mass is 79.9. The van der Waals surface area contributed by atoms with E-state index in [-0.39, 0.29) is 59.9 Å². The Morgan fingerprint density at radius 1 is 0.500 bits per heavy atom. The number of halogens is 2. The molecule has 17 heteroatoms. The van der Waals surface area contributed by atoms with Crippen molar-refractivity contribution in [1.82, 2.24) is 0 Å². The van der Waals surface area contributed by atoms with E-state index in [4.69, 9.17) is 82.2 Å². The third-order valence-electron chi connectivity index (χ3n) is 14.4. The molecular weight excluding hydrogens is 999 g/mol. The van der Waals surface area contributed by atoms with Gasteiger partial charge in [-0.05, 0) is 148 Å². The fraction of sp³-hybridized carbons (Fsp3) is 0.288.